The molecule has 0 aliphatic carbocycles. The molecule has 0 fully saturated rings. The number of carbonyl (C=O) groups excluding carboxylic acids is 1. The smallest absolute Gasteiger partial charge is 0.339 e. The Morgan fingerprint density at radius 2 is 1.85 bits per heavy atom. The van der Waals surface area contributed by atoms with Crippen LogP contribution in [-0.2, 0) is 4.79 Å². The Kier molecular flexibility index (Phi) is 4.16. The van der Waals surface area contributed by atoms with E-state index in [2.05, 4.69) is 5.32 Å². The number of carbonyl (C=O) groups is 2. The quantitative estimate of drug-likeness (QED) is 0.742. The minimum absolute atomic E-state index is 0.0785. The average Bonchev–Trinajstić information content (AvgIpc) is 3.07. The first kappa shape index (κ1) is 16.9. The highest BCUT2D eigenvalue weighted by atomic mass is 16.5. The third-order valence-corrected chi connectivity index (χ3v) is 4.81. The monoisotopic (exact) mass is 362 g/mol. The lowest BCUT2D eigenvalue weighted by Gasteiger charge is -2.26. The normalized spacial score (nSPS) is 15.7. The Morgan fingerprint density at radius 1 is 1.15 bits per heavy atom. The molecule has 27 heavy (non-hydrogen) atoms. The van der Waals surface area contributed by atoms with Crippen LogP contribution in [0.2, 0.25) is 0 Å². The molecule has 1 atom stereocenters. The molecule has 4 rings (SSSR count). The number of rotatable bonds is 4. The van der Waals surface area contributed by atoms with Gasteiger partial charge in [-0.15, -0.1) is 0 Å². The Bertz CT molecular complexity index is 1010. The van der Waals surface area contributed by atoms with Crippen LogP contribution in [0.15, 0.2) is 60.8 Å². The van der Waals surface area contributed by atoms with Crippen LogP contribution in [0, 0.1) is 0 Å². The molecule has 2 N–H and O–H groups in total. The molecule has 136 valence electrons. The minimum Gasteiger partial charge on any atom is -0.497 e. The van der Waals surface area contributed by atoms with E-state index >= 15 is 0 Å². The van der Waals surface area contributed by atoms with Crippen LogP contribution in [0.1, 0.15) is 34.0 Å². The topological polar surface area (TPSA) is 80.6 Å². The number of aromatic nitrogens is 1. The molecule has 0 spiro atoms. The fourth-order valence-electron chi connectivity index (χ4n) is 3.55. The molecule has 2 heterocycles. The van der Waals surface area contributed by atoms with Crippen LogP contribution in [0.25, 0.3) is 5.69 Å². The number of nitrogens with one attached hydrogen (secondary N) is 1. The van der Waals surface area contributed by atoms with Crippen LogP contribution in [0.4, 0.5) is 5.69 Å². The average molecular weight is 362 g/mol. The number of anilines is 1. The Labute approximate surface area is 156 Å². The van der Waals surface area contributed by atoms with Gasteiger partial charge in [0.05, 0.1) is 18.5 Å². The van der Waals surface area contributed by atoms with E-state index in [1.54, 1.807) is 13.3 Å². The third-order valence-electron chi connectivity index (χ3n) is 4.81. The van der Waals surface area contributed by atoms with E-state index < -0.39 is 5.97 Å². The number of benzene rings is 2. The number of hydrogen-bond acceptors (Lipinski definition) is 3. The van der Waals surface area contributed by atoms with Crippen molar-refractivity contribution in [3.05, 3.63) is 77.6 Å². The molecule has 0 unspecified atom stereocenters. The molecule has 0 bridgehead atoms. The molecule has 6 nitrogen and oxygen atoms in total. The van der Waals surface area contributed by atoms with Gasteiger partial charge < -0.3 is 19.7 Å². The first-order valence-electron chi connectivity index (χ1n) is 8.56. The van der Waals surface area contributed by atoms with Crippen molar-refractivity contribution < 1.29 is 19.4 Å². The number of fused-ring (bicyclic) bond motifs is 1. The van der Waals surface area contributed by atoms with Crippen molar-refractivity contribution in [1.82, 2.24) is 4.57 Å². The molecule has 0 radical (unpaired) electrons. The van der Waals surface area contributed by atoms with Gasteiger partial charge in [-0.2, -0.15) is 0 Å². The third kappa shape index (κ3) is 2.95. The van der Waals surface area contributed by atoms with E-state index in [0.717, 1.165) is 16.9 Å². The predicted molar refractivity (Wildman–Crippen MR) is 101 cm³/mol. The molecule has 1 aromatic heterocycles. The summed E-state index contributed by atoms with van der Waals surface area (Å²) in [5, 5.41) is 12.4. The van der Waals surface area contributed by atoms with E-state index in [9.17, 15) is 14.7 Å². The Balaban J connectivity index is 1.94. The minimum atomic E-state index is -1.08. The molecule has 0 saturated carbocycles. The summed E-state index contributed by atoms with van der Waals surface area (Å²) in [4.78, 5) is 24.1. The second-order valence-corrected chi connectivity index (χ2v) is 6.39. The Morgan fingerprint density at radius 3 is 2.48 bits per heavy atom. The van der Waals surface area contributed by atoms with Crippen LogP contribution >= 0.6 is 0 Å². The van der Waals surface area contributed by atoms with Gasteiger partial charge in [0.2, 0.25) is 5.91 Å². The molecular formula is C21H18N2O4. The zero-order valence-corrected chi connectivity index (χ0v) is 14.7. The van der Waals surface area contributed by atoms with E-state index in [1.807, 2.05) is 59.2 Å². The lowest BCUT2D eigenvalue weighted by molar-refractivity contribution is -0.116. The van der Waals surface area contributed by atoms with Crippen molar-refractivity contribution in [3.63, 3.8) is 0 Å². The van der Waals surface area contributed by atoms with Gasteiger partial charge in [-0.05, 0) is 29.8 Å². The number of ether oxygens (including phenoxy) is 1. The van der Waals surface area contributed by atoms with Gasteiger partial charge in [0.1, 0.15) is 11.3 Å². The maximum atomic E-state index is 12.3. The zero-order valence-electron chi connectivity index (χ0n) is 14.7. The highest BCUT2D eigenvalue weighted by molar-refractivity contribution is 6.04. The van der Waals surface area contributed by atoms with Crippen LogP contribution in [-0.4, -0.2) is 28.7 Å². The summed E-state index contributed by atoms with van der Waals surface area (Å²) in [6, 6.07) is 17.0. The highest BCUT2D eigenvalue weighted by Crippen LogP contribution is 2.41. The van der Waals surface area contributed by atoms with Crippen molar-refractivity contribution in [1.29, 1.82) is 0 Å². The molecule has 0 saturated heterocycles. The van der Waals surface area contributed by atoms with E-state index in [-0.39, 0.29) is 23.8 Å². The van der Waals surface area contributed by atoms with Gasteiger partial charge in [0.25, 0.3) is 0 Å². The van der Waals surface area contributed by atoms with Crippen molar-refractivity contribution in [2.45, 2.75) is 12.3 Å². The number of aromatic carboxylic acids is 1. The molecule has 3 aromatic rings. The molecule has 2 aromatic carbocycles. The Hall–Kier alpha value is -3.54. The molecule has 6 heteroatoms. The number of carboxylic acids is 1. The summed E-state index contributed by atoms with van der Waals surface area (Å²) in [7, 11) is 1.59. The lowest BCUT2D eigenvalue weighted by atomic mass is 9.88. The maximum absolute atomic E-state index is 12.3. The van der Waals surface area contributed by atoms with E-state index in [1.165, 1.54) is 0 Å². The van der Waals surface area contributed by atoms with Crippen molar-refractivity contribution in [3.8, 4) is 11.4 Å². The molecular weight excluding hydrogens is 344 g/mol. The van der Waals surface area contributed by atoms with Crippen LogP contribution in [0.5, 0.6) is 5.75 Å². The second-order valence-electron chi connectivity index (χ2n) is 6.39. The summed E-state index contributed by atoms with van der Waals surface area (Å²) < 4.78 is 7.05. The number of amides is 1. The first-order chi connectivity index (χ1) is 13.1. The van der Waals surface area contributed by atoms with Crippen LogP contribution in [0.3, 0.4) is 0 Å². The fraction of sp³-hybridized carbons (Fsp3) is 0.143. The summed E-state index contributed by atoms with van der Waals surface area (Å²) in [5.41, 5.74) is 2.98. The highest BCUT2D eigenvalue weighted by Gasteiger charge is 2.34. The molecule has 1 aliphatic rings. The number of nitrogens with zero attached hydrogens (tertiary/aromatic N) is 1. The predicted octanol–water partition coefficient (Wildman–Crippen LogP) is 3.66. The zero-order chi connectivity index (χ0) is 19.0. The lowest BCUT2D eigenvalue weighted by Crippen LogP contribution is -2.25. The fourth-order valence-corrected chi connectivity index (χ4v) is 3.55. The molecule has 1 amide bonds. The molecule has 1 aliphatic heterocycles. The largest absolute Gasteiger partial charge is 0.497 e. The number of methoxy groups -OCH3 is 1. The van der Waals surface area contributed by atoms with Crippen molar-refractivity contribution in [2.24, 2.45) is 0 Å². The summed E-state index contributed by atoms with van der Waals surface area (Å²) in [6.45, 7) is 0. The SMILES string of the molecule is COc1ccc(-n2cc(C(=O)O)c3c2[C@@H](c2ccccc2)CC(=O)N3)cc1. The van der Waals surface area contributed by atoms with Gasteiger partial charge in [0.15, 0.2) is 0 Å². The van der Waals surface area contributed by atoms with Crippen LogP contribution < -0.4 is 10.1 Å². The van der Waals surface area contributed by atoms with E-state index in [4.69, 9.17) is 4.74 Å². The number of hydrogen-bond donors (Lipinski definition) is 2. The van der Waals surface area contributed by atoms with Crippen molar-refractivity contribution in [2.75, 3.05) is 12.4 Å². The maximum Gasteiger partial charge on any atom is 0.339 e. The summed E-state index contributed by atoms with van der Waals surface area (Å²) in [5.74, 6) is -0.782. The number of carboxylic acid groups (broad SMARTS) is 1. The van der Waals surface area contributed by atoms with Gasteiger partial charge in [0, 0.05) is 24.2 Å². The van der Waals surface area contributed by atoms with E-state index in [0.29, 0.717) is 11.4 Å². The summed E-state index contributed by atoms with van der Waals surface area (Å²) in [6.07, 6.45) is 1.83. The van der Waals surface area contributed by atoms with Gasteiger partial charge in [-0.25, -0.2) is 4.79 Å². The van der Waals surface area contributed by atoms with Crippen molar-refractivity contribution >= 4 is 17.6 Å². The summed E-state index contributed by atoms with van der Waals surface area (Å²) >= 11 is 0. The second kappa shape index (κ2) is 6.64. The van der Waals surface area contributed by atoms with Gasteiger partial charge in [-0.1, -0.05) is 30.3 Å². The standard InChI is InChI=1S/C21H18N2O4/c1-27-15-9-7-14(8-10-15)23-12-17(21(25)26)19-20(23)16(11-18(24)22-19)13-5-3-2-4-6-13/h2-10,12,16H,11H2,1H3,(H,22,24)(H,25,26)/t16-/m1/s1. The van der Waals surface area contributed by atoms with Gasteiger partial charge >= 0.3 is 5.97 Å². The first-order valence-corrected chi connectivity index (χ1v) is 8.56. The van der Waals surface area contributed by atoms with Gasteiger partial charge in [-0.3, -0.25) is 4.79 Å².